The van der Waals surface area contributed by atoms with Crippen LogP contribution in [0.3, 0.4) is 0 Å². The Hall–Kier alpha value is -2.73. The summed E-state index contributed by atoms with van der Waals surface area (Å²) in [5, 5.41) is 4.59. The molecule has 1 unspecified atom stereocenters. The van der Waals surface area contributed by atoms with Crippen molar-refractivity contribution in [2.24, 2.45) is 0 Å². The number of nitrogens with one attached hydrogen (secondary N) is 1. The van der Waals surface area contributed by atoms with Crippen LogP contribution in [0.1, 0.15) is 6.42 Å². The molecule has 0 saturated heterocycles. The zero-order valence-electron chi connectivity index (χ0n) is 16.1. The van der Waals surface area contributed by atoms with Crippen LogP contribution in [0.5, 0.6) is 5.75 Å². The molecule has 152 valence electrons. The van der Waals surface area contributed by atoms with Crippen molar-refractivity contribution in [2.45, 2.75) is 23.3 Å². The zero-order chi connectivity index (χ0) is 20.9. The van der Waals surface area contributed by atoms with E-state index in [1.54, 1.807) is 36.4 Å². The summed E-state index contributed by atoms with van der Waals surface area (Å²) in [5.74, 6) is -2.72. The third kappa shape index (κ3) is 5.01. The molecule has 3 aromatic rings. The highest BCUT2D eigenvalue weighted by atomic mass is 32.2. The minimum absolute atomic E-state index is 0.235. The molecule has 0 bridgehead atoms. The van der Waals surface area contributed by atoms with Crippen molar-refractivity contribution in [2.75, 3.05) is 18.2 Å². The summed E-state index contributed by atoms with van der Waals surface area (Å²) in [6.07, 6.45) is 0.678. The predicted octanol–water partition coefficient (Wildman–Crippen LogP) is 5.65. The summed E-state index contributed by atoms with van der Waals surface area (Å²) in [6, 6.07) is 18.3. The molecule has 1 N–H and O–H groups in total. The van der Waals surface area contributed by atoms with Gasteiger partial charge in [-0.3, -0.25) is 4.21 Å². The van der Waals surface area contributed by atoms with Gasteiger partial charge in [-0.25, -0.2) is 8.78 Å². The first-order chi connectivity index (χ1) is 13.9. The van der Waals surface area contributed by atoms with Gasteiger partial charge in [-0.05, 0) is 41.1 Å². The summed E-state index contributed by atoms with van der Waals surface area (Å²) in [4.78, 5) is 0.555. The first kappa shape index (κ1) is 21.0. The summed E-state index contributed by atoms with van der Waals surface area (Å²) in [7, 11) is -0.0808. The van der Waals surface area contributed by atoms with Crippen LogP contribution in [0.25, 0.3) is 10.8 Å². The van der Waals surface area contributed by atoms with Crippen molar-refractivity contribution < 1.29 is 17.7 Å². The van der Waals surface area contributed by atoms with Crippen LogP contribution in [0.15, 0.2) is 84.3 Å². The molecule has 3 aromatic carbocycles. The predicted molar refractivity (Wildman–Crippen MR) is 115 cm³/mol. The van der Waals surface area contributed by atoms with Gasteiger partial charge in [0, 0.05) is 17.0 Å². The normalized spacial score (nSPS) is 13.6. The van der Waals surface area contributed by atoms with Crippen LogP contribution in [0.4, 0.5) is 14.5 Å². The minimum atomic E-state index is -3.11. The van der Waals surface area contributed by atoms with Crippen molar-refractivity contribution in [3.05, 3.63) is 79.4 Å². The lowest BCUT2D eigenvalue weighted by Gasteiger charge is -2.28. The van der Waals surface area contributed by atoms with E-state index < -0.39 is 29.2 Å². The summed E-state index contributed by atoms with van der Waals surface area (Å²) >= 11 is 0. The molecule has 0 aliphatic rings. The highest BCUT2D eigenvalue weighted by Gasteiger charge is 2.39. The molecule has 0 fully saturated rings. The molecule has 0 heterocycles. The topological polar surface area (TPSA) is 38.3 Å². The second-order valence-corrected chi connectivity index (χ2v) is 8.13. The van der Waals surface area contributed by atoms with E-state index in [0.717, 1.165) is 10.8 Å². The molecule has 6 heteroatoms. The van der Waals surface area contributed by atoms with Gasteiger partial charge in [-0.2, -0.15) is 0 Å². The van der Waals surface area contributed by atoms with Crippen LogP contribution in [0, 0.1) is 0 Å². The monoisotopic (exact) mass is 415 g/mol. The van der Waals surface area contributed by atoms with Crippen molar-refractivity contribution >= 4 is 27.3 Å². The maximum atomic E-state index is 14.8. The standard InChI is InChI=1S/C23H23F2NO2S/c1-3-15-23(24,25)22(26-18-11-13-19(28-2)14-12-18)16-29(27)21-10-6-8-17-7-4-5-9-20(17)21/h3-14,22,26H,1,15-16H2,2H3/t22-,29?/m1/s1. The quantitative estimate of drug-likeness (QED) is 0.459. The van der Waals surface area contributed by atoms with E-state index in [-0.39, 0.29) is 5.75 Å². The Morgan fingerprint density at radius 1 is 1.10 bits per heavy atom. The first-order valence-electron chi connectivity index (χ1n) is 9.20. The molecule has 3 nitrogen and oxygen atoms in total. The molecule has 3 rings (SSSR count). The van der Waals surface area contributed by atoms with E-state index in [0.29, 0.717) is 16.3 Å². The molecule has 29 heavy (non-hydrogen) atoms. The van der Waals surface area contributed by atoms with E-state index in [2.05, 4.69) is 11.9 Å². The maximum absolute atomic E-state index is 14.8. The fourth-order valence-corrected chi connectivity index (χ4v) is 4.60. The third-order valence-electron chi connectivity index (χ3n) is 4.67. The van der Waals surface area contributed by atoms with Crippen molar-refractivity contribution in [3.63, 3.8) is 0 Å². The van der Waals surface area contributed by atoms with Gasteiger partial charge in [0.2, 0.25) is 0 Å². The molecule has 0 aliphatic heterocycles. The van der Waals surface area contributed by atoms with E-state index in [1.165, 1.54) is 13.2 Å². The molecular formula is C23H23F2NO2S. The molecule has 0 aliphatic carbocycles. The zero-order valence-corrected chi connectivity index (χ0v) is 16.9. The van der Waals surface area contributed by atoms with E-state index >= 15 is 0 Å². The lowest BCUT2D eigenvalue weighted by Crippen LogP contribution is -2.43. The smallest absolute Gasteiger partial charge is 0.272 e. The summed E-state index contributed by atoms with van der Waals surface area (Å²) in [6.45, 7) is 3.44. The molecule has 2 atom stereocenters. The number of alkyl halides is 2. The van der Waals surface area contributed by atoms with Gasteiger partial charge in [0.05, 0.1) is 23.7 Å². The van der Waals surface area contributed by atoms with Crippen LogP contribution in [-0.4, -0.2) is 29.0 Å². The van der Waals surface area contributed by atoms with Gasteiger partial charge in [0.25, 0.3) is 5.92 Å². The average molecular weight is 416 g/mol. The molecule has 0 saturated carbocycles. The number of allylic oxidation sites excluding steroid dienone is 1. The fourth-order valence-electron chi connectivity index (χ4n) is 3.13. The van der Waals surface area contributed by atoms with Crippen LogP contribution < -0.4 is 10.1 Å². The number of benzene rings is 3. The number of hydrogen-bond acceptors (Lipinski definition) is 3. The van der Waals surface area contributed by atoms with Gasteiger partial charge in [0.15, 0.2) is 0 Å². The van der Waals surface area contributed by atoms with Crippen LogP contribution >= 0.6 is 0 Å². The van der Waals surface area contributed by atoms with Crippen molar-refractivity contribution in [3.8, 4) is 5.75 Å². The Labute approximate surface area is 171 Å². The number of fused-ring (bicyclic) bond motifs is 1. The maximum Gasteiger partial charge on any atom is 0.272 e. The number of halogens is 2. The third-order valence-corrected chi connectivity index (χ3v) is 6.15. The fraction of sp³-hybridized carbons (Fsp3) is 0.217. The summed E-state index contributed by atoms with van der Waals surface area (Å²) in [5.41, 5.74) is 0.509. The van der Waals surface area contributed by atoms with Gasteiger partial charge >= 0.3 is 0 Å². The number of ether oxygens (including phenoxy) is 1. The molecule has 0 aromatic heterocycles. The van der Waals surface area contributed by atoms with Gasteiger partial charge in [-0.1, -0.05) is 42.5 Å². The summed E-state index contributed by atoms with van der Waals surface area (Å²) < 4.78 is 47.8. The van der Waals surface area contributed by atoms with E-state index in [4.69, 9.17) is 4.74 Å². The van der Waals surface area contributed by atoms with Gasteiger partial charge in [-0.15, -0.1) is 6.58 Å². The number of methoxy groups -OCH3 is 1. The first-order valence-corrected chi connectivity index (χ1v) is 10.5. The molecular weight excluding hydrogens is 392 g/mol. The van der Waals surface area contributed by atoms with E-state index in [1.807, 2.05) is 30.3 Å². The number of rotatable bonds is 9. The SMILES string of the molecule is C=CCC(F)(F)[C@@H](CS(=O)c1cccc2ccccc12)Nc1ccc(OC)cc1. The Balaban J connectivity index is 1.89. The van der Waals surface area contributed by atoms with E-state index in [9.17, 15) is 13.0 Å². The lowest BCUT2D eigenvalue weighted by atomic mass is 10.1. The molecule has 0 amide bonds. The molecule has 0 radical (unpaired) electrons. The Morgan fingerprint density at radius 3 is 2.48 bits per heavy atom. The Morgan fingerprint density at radius 2 is 1.79 bits per heavy atom. The second-order valence-electron chi connectivity index (χ2n) is 6.67. The van der Waals surface area contributed by atoms with Crippen LogP contribution in [0.2, 0.25) is 0 Å². The van der Waals surface area contributed by atoms with Crippen molar-refractivity contribution in [1.82, 2.24) is 0 Å². The highest BCUT2D eigenvalue weighted by Crippen LogP contribution is 2.30. The van der Waals surface area contributed by atoms with Crippen molar-refractivity contribution in [1.29, 1.82) is 0 Å². The Bertz CT molecular complexity index is 1000. The second kappa shape index (κ2) is 9.18. The Kier molecular flexibility index (Phi) is 6.64. The van der Waals surface area contributed by atoms with Crippen LogP contribution in [-0.2, 0) is 10.8 Å². The van der Waals surface area contributed by atoms with Gasteiger partial charge < -0.3 is 10.1 Å². The largest absolute Gasteiger partial charge is 0.497 e. The number of anilines is 1. The van der Waals surface area contributed by atoms with Gasteiger partial charge in [0.1, 0.15) is 11.8 Å². The average Bonchev–Trinajstić information content (AvgIpc) is 2.73. The lowest BCUT2D eigenvalue weighted by molar-refractivity contribution is -0.00890. The highest BCUT2D eigenvalue weighted by molar-refractivity contribution is 7.85. The molecule has 0 spiro atoms. The number of hydrogen-bond donors (Lipinski definition) is 1. The minimum Gasteiger partial charge on any atom is -0.497 e.